The molecule has 0 amide bonds. The molecule has 22 heavy (non-hydrogen) atoms. The van der Waals surface area contributed by atoms with Crippen LogP contribution in [0.3, 0.4) is 0 Å². The molecule has 0 saturated heterocycles. The molecular formula is C17H20N2O3. The molecule has 0 spiro atoms. The summed E-state index contributed by atoms with van der Waals surface area (Å²) in [7, 11) is 0. The number of esters is 1. The van der Waals surface area contributed by atoms with E-state index in [1.54, 1.807) is 25.1 Å². The molecular weight excluding hydrogens is 280 g/mol. The van der Waals surface area contributed by atoms with Crippen molar-refractivity contribution in [3.63, 3.8) is 0 Å². The number of hydrogen-bond donors (Lipinski definition) is 1. The van der Waals surface area contributed by atoms with Gasteiger partial charge in [-0.05, 0) is 31.9 Å². The smallest absolute Gasteiger partial charge is 0.309 e. The van der Waals surface area contributed by atoms with E-state index in [1.165, 1.54) is 6.42 Å². The number of nitrogens with one attached hydrogen (secondary N) is 1. The van der Waals surface area contributed by atoms with Crippen LogP contribution in [0.15, 0.2) is 29.1 Å². The van der Waals surface area contributed by atoms with E-state index in [9.17, 15) is 9.59 Å². The van der Waals surface area contributed by atoms with Gasteiger partial charge in [0.25, 0.3) is 5.56 Å². The molecule has 1 aromatic carbocycles. The number of rotatable bonds is 3. The van der Waals surface area contributed by atoms with Crippen LogP contribution in [-0.2, 0) is 9.53 Å². The van der Waals surface area contributed by atoms with Gasteiger partial charge in [-0.15, -0.1) is 0 Å². The number of aromatic nitrogens is 2. The minimum atomic E-state index is -0.549. The Kier molecular flexibility index (Phi) is 4.22. The minimum Gasteiger partial charge on any atom is -0.454 e. The van der Waals surface area contributed by atoms with E-state index in [0.717, 1.165) is 25.7 Å². The lowest BCUT2D eigenvalue weighted by atomic mass is 9.89. The van der Waals surface area contributed by atoms with Crippen LogP contribution in [0, 0.1) is 5.92 Å². The lowest BCUT2D eigenvalue weighted by Crippen LogP contribution is -2.23. The zero-order chi connectivity index (χ0) is 15.5. The van der Waals surface area contributed by atoms with Crippen LogP contribution in [0.2, 0.25) is 0 Å². The number of carbonyl (C=O) groups is 1. The molecule has 1 aliphatic rings. The summed E-state index contributed by atoms with van der Waals surface area (Å²) < 4.78 is 5.51. The van der Waals surface area contributed by atoms with E-state index in [2.05, 4.69) is 9.97 Å². The molecule has 1 atom stereocenters. The number of nitrogens with zero attached hydrogens (tertiary/aromatic N) is 1. The van der Waals surface area contributed by atoms with Crippen LogP contribution in [0.25, 0.3) is 10.9 Å². The van der Waals surface area contributed by atoms with Gasteiger partial charge in [0, 0.05) is 0 Å². The average molecular weight is 300 g/mol. The fraction of sp³-hybridized carbons (Fsp3) is 0.471. The highest BCUT2D eigenvalue weighted by molar-refractivity contribution is 5.77. The highest BCUT2D eigenvalue weighted by Crippen LogP contribution is 2.26. The van der Waals surface area contributed by atoms with Crippen molar-refractivity contribution in [3.05, 3.63) is 40.4 Å². The van der Waals surface area contributed by atoms with Gasteiger partial charge < -0.3 is 9.72 Å². The first-order valence-corrected chi connectivity index (χ1v) is 7.84. The molecule has 1 aromatic heterocycles. The van der Waals surface area contributed by atoms with Crippen LogP contribution in [0.5, 0.6) is 0 Å². The first-order valence-electron chi connectivity index (χ1n) is 7.84. The third kappa shape index (κ3) is 3.03. The summed E-state index contributed by atoms with van der Waals surface area (Å²) in [5, 5.41) is 0.539. The minimum absolute atomic E-state index is 0.0108. The van der Waals surface area contributed by atoms with Gasteiger partial charge >= 0.3 is 5.97 Å². The van der Waals surface area contributed by atoms with Crippen LogP contribution < -0.4 is 5.56 Å². The second-order valence-electron chi connectivity index (χ2n) is 5.88. The van der Waals surface area contributed by atoms with Crippen molar-refractivity contribution in [2.24, 2.45) is 5.92 Å². The van der Waals surface area contributed by atoms with E-state index in [1.807, 2.05) is 6.07 Å². The standard InChI is InChI=1S/C17H20N2O3/c1-11(22-17(21)12-7-3-2-4-8-12)15-18-14-10-6-5-9-13(14)16(20)19-15/h5-6,9-12H,2-4,7-8H2,1H3,(H,18,19,20)/t11-/m1/s1. The van der Waals surface area contributed by atoms with E-state index in [0.29, 0.717) is 16.7 Å². The summed E-state index contributed by atoms with van der Waals surface area (Å²) in [5.41, 5.74) is 0.406. The molecule has 0 radical (unpaired) electrons. The fourth-order valence-electron chi connectivity index (χ4n) is 2.96. The summed E-state index contributed by atoms with van der Waals surface area (Å²) >= 11 is 0. The Morgan fingerprint density at radius 3 is 2.77 bits per heavy atom. The Morgan fingerprint density at radius 1 is 1.27 bits per heavy atom. The van der Waals surface area contributed by atoms with Crippen LogP contribution in [-0.4, -0.2) is 15.9 Å². The summed E-state index contributed by atoms with van der Waals surface area (Å²) in [6, 6.07) is 7.14. The lowest BCUT2D eigenvalue weighted by Gasteiger charge is -2.22. The second kappa shape index (κ2) is 6.30. The first kappa shape index (κ1) is 14.8. The molecule has 0 bridgehead atoms. The Labute approximate surface area is 128 Å². The second-order valence-corrected chi connectivity index (χ2v) is 5.88. The van der Waals surface area contributed by atoms with Crippen LogP contribution in [0.4, 0.5) is 0 Å². The normalized spacial score (nSPS) is 17.3. The van der Waals surface area contributed by atoms with Crippen molar-refractivity contribution in [1.29, 1.82) is 0 Å². The molecule has 3 rings (SSSR count). The van der Waals surface area contributed by atoms with E-state index in [-0.39, 0.29) is 17.4 Å². The van der Waals surface area contributed by atoms with Gasteiger partial charge in [-0.1, -0.05) is 31.4 Å². The topological polar surface area (TPSA) is 72.0 Å². The predicted molar refractivity (Wildman–Crippen MR) is 83.4 cm³/mol. The van der Waals surface area contributed by atoms with Crippen molar-refractivity contribution in [2.45, 2.75) is 45.1 Å². The van der Waals surface area contributed by atoms with Crippen LogP contribution in [0.1, 0.15) is 51.0 Å². The zero-order valence-corrected chi connectivity index (χ0v) is 12.7. The van der Waals surface area contributed by atoms with Crippen LogP contribution >= 0.6 is 0 Å². The molecule has 1 aliphatic carbocycles. The van der Waals surface area contributed by atoms with Gasteiger partial charge in [0.2, 0.25) is 0 Å². The molecule has 0 aliphatic heterocycles. The maximum atomic E-state index is 12.2. The molecule has 5 nitrogen and oxygen atoms in total. The van der Waals surface area contributed by atoms with E-state index < -0.39 is 6.10 Å². The van der Waals surface area contributed by atoms with Crippen molar-refractivity contribution in [2.75, 3.05) is 0 Å². The number of hydrogen-bond acceptors (Lipinski definition) is 4. The number of carbonyl (C=O) groups excluding carboxylic acids is 1. The summed E-state index contributed by atoms with van der Waals surface area (Å²) in [6.07, 6.45) is 4.60. The van der Waals surface area contributed by atoms with Gasteiger partial charge in [0.15, 0.2) is 11.9 Å². The molecule has 5 heteroatoms. The first-order chi connectivity index (χ1) is 10.6. The van der Waals surface area contributed by atoms with E-state index >= 15 is 0 Å². The van der Waals surface area contributed by atoms with Crippen molar-refractivity contribution in [3.8, 4) is 0 Å². The number of benzene rings is 1. The van der Waals surface area contributed by atoms with Crippen molar-refractivity contribution >= 4 is 16.9 Å². The summed E-state index contributed by atoms with van der Waals surface area (Å²) in [5.74, 6) is 0.208. The number of para-hydroxylation sites is 1. The molecule has 0 unspecified atom stereocenters. The Hall–Kier alpha value is -2.17. The third-order valence-corrected chi connectivity index (χ3v) is 4.25. The molecule has 1 saturated carbocycles. The van der Waals surface area contributed by atoms with Gasteiger partial charge in [0.05, 0.1) is 16.8 Å². The molecule has 1 heterocycles. The van der Waals surface area contributed by atoms with Gasteiger partial charge in [0.1, 0.15) is 0 Å². The maximum Gasteiger partial charge on any atom is 0.309 e. The van der Waals surface area contributed by atoms with Gasteiger partial charge in [-0.2, -0.15) is 0 Å². The predicted octanol–water partition coefficient (Wildman–Crippen LogP) is 3.11. The average Bonchev–Trinajstić information content (AvgIpc) is 2.55. The van der Waals surface area contributed by atoms with Gasteiger partial charge in [-0.3, -0.25) is 9.59 Å². The van der Waals surface area contributed by atoms with Gasteiger partial charge in [-0.25, -0.2) is 4.98 Å². The highest BCUT2D eigenvalue weighted by atomic mass is 16.5. The Morgan fingerprint density at radius 2 is 2.00 bits per heavy atom. The van der Waals surface area contributed by atoms with E-state index in [4.69, 9.17) is 4.74 Å². The number of aromatic amines is 1. The molecule has 116 valence electrons. The Bertz CT molecular complexity index is 732. The zero-order valence-electron chi connectivity index (χ0n) is 12.7. The number of ether oxygens (including phenoxy) is 1. The fourth-order valence-corrected chi connectivity index (χ4v) is 2.96. The maximum absolute atomic E-state index is 12.2. The lowest BCUT2D eigenvalue weighted by molar-refractivity contribution is -0.155. The summed E-state index contributed by atoms with van der Waals surface area (Å²) in [6.45, 7) is 1.74. The largest absolute Gasteiger partial charge is 0.454 e. The highest BCUT2D eigenvalue weighted by Gasteiger charge is 2.25. The third-order valence-electron chi connectivity index (χ3n) is 4.25. The molecule has 2 aromatic rings. The van der Waals surface area contributed by atoms with Crippen molar-refractivity contribution in [1.82, 2.24) is 9.97 Å². The monoisotopic (exact) mass is 300 g/mol. The number of fused-ring (bicyclic) bond motifs is 1. The molecule has 1 fully saturated rings. The quantitative estimate of drug-likeness (QED) is 0.884. The number of H-pyrrole nitrogens is 1. The molecule has 1 N–H and O–H groups in total. The van der Waals surface area contributed by atoms with Crippen molar-refractivity contribution < 1.29 is 9.53 Å². The SMILES string of the molecule is C[C@@H](OC(=O)C1CCCCC1)c1nc2ccccc2c(=O)[nH]1. The summed E-state index contributed by atoms with van der Waals surface area (Å²) in [4.78, 5) is 31.4. The Balaban J connectivity index is 1.78.